The predicted octanol–water partition coefficient (Wildman–Crippen LogP) is 3.40. The minimum atomic E-state index is -4.58. The van der Waals surface area contributed by atoms with Gasteiger partial charge in [-0.05, 0) is 17.5 Å². The highest BCUT2D eigenvalue weighted by Gasteiger charge is 2.44. The number of thiophene rings is 1. The maximum Gasteiger partial charge on any atom is 0.433 e. The Hall–Kier alpha value is -1.49. The number of fused-ring (bicyclic) bond motifs is 2. The largest absolute Gasteiger partial charge is 0.433 e. The highest BCUT2D eigenvalue weighted by atomic mass is 32.2. The van der Waals surface area contributed by atoms with E-state index in [1.165, 1.54) is 11.3 Å². The second kappa shape index (κ2) is 6.35. The van der Waals surface area contributed by atoms with Gasteiger partial charge >= 0.3 is 6.18 Å². The molecule has 0 aromatic carbocycles. The van der Waals surface area contributed by atoms with E-state index >= 15 is 0 Å². The lowest BCUT2D eigenvalue weighted by atomic mass is 10.1. The molecule has 2 saturated heterocycles. The van der Waals surface area contributed by atoms with Crippen molar-refractivity contribution in [1.29, 1.82) is 0 Å². The van der Waals surface area contributed by atoms with Crippen molar-refractivity contribution in [2.45, 2.75) is 35.4 Å². The monoisotopic (exact) mass is 388 g/mol. The molecule has 0 aliphatic carbocycles. The summed E-state index contributed by atoms with van der Waals surface area (Å²) >= 11 is 2.32. The van der Waals surface area contributed by atoms with E-state index in [-0.39, 0.29) is 41.0 Å². The molecule has 0 radical (unpaired) electrons. The van der Waals surface area contributed by atoms with Crippen molar-refractivity contribution in [3.05, 3.63) is 29.3 Å². The average Bonchev–Trinajstić information content (AvgIpc) is 3.23. The minimum absolute atomic E-state index is 0.0232. The predicted molar refractivity (Wildman–Crippen MR) is 84.2 cm³/mol. The fourth-order valence-electron chi connectivity index (χ4n) is 2.64. The third-order valence-electron chi connectivity index (χ3n) is 3.82. The maximum absolute atomic E-state index is 13.2. The molecule has 3 atom stereocenters. The van der Waals surface area contributed by atoms with Crippen LogP contribution >= 0.6 is 23.1 Å². The molecule has 2 bridgehead atoms. The van der Waals surface area contributed by atoms with Crippen molar-refractivity contribution in [2.75, 3.05) is 6.61 Å². The van der Waals surface area contributed by atoms with E-state index in [2.05, 4.69) is 9.97 Å². The molecule has 2 aromatic heterocycles. The van der Waals surface area contributed by atoms with Crippen molar-refractivity contribution in [3.63, 3.8) is 0 Å². The minimum Gasteiger partial charge on any atom is -0.343 e. The first-order valence-corrected chi connectivity index (χ1v) is 9.12. The lowest BCUT2D eigenvalue weighted by molar-refractivity contribution is -0.151. The summed E-state index contributed by atoms with van der Waals surface area (Å²) in [7, 11) is 0. The van der Waals surface area contributed by atoms with E-state index in [4.69, 9.17) is 9.47 Å². The molecule has 4 rings (SSSR count). The van der Waals surface area contributed by atoms with Gasteiger partial charge in [0, 0.05) is 11.7 Å². The van der Waals surface area contributed by atoms with Gasteiger partial charge in [-0.2, -0.15) is 13.2 Å². The van der Waals surface area contributed by atoms with Crippen LogP contribution in [0.25, 0.3) is 10.6 Å². The number of hydrogen-bond acceptors (Lipinski definition) is 7. The topological polar surface area (TPSA) is 61.3 Å². The first-order chi connectivity index (χ1) is 11.9. The quantitative estimate of drug-likeness (QED) is 0.751. The molecule has 0 saturated carbocycles. The first kappa shape index (κ1) is 17.0. The first-order valence-electron chi connectivity index (χ1n) is 7.37. The number of hydrogen-bond donors (Lipinski definition) is 0. The Kier molecular flexibility index (Phi) is 4.30. The Balaban J connectivity index is 1.66. The SMILES string of the molecule is O=C1C[C@H](Sc2nc(-c3cccs3)cc(C(F)(F)F)n2)[C@H]2CO[C@H]1O2. The summed E-state index contributed by atoms with van der Waals surface area (Å²) in [6, 6.07) is 4.38. The Morgan fingerprint density at radius 1 is 1.32 bits per heavy atom. The van der Waals surface area contributed by atoms with Crippen molar-refractivity contribution in [3.8, 4) is 10.6 Å². The fraction of sp³-hybridized carbons (Fsp3) is 0.400. The van der Waals surface area contributed by atoms with Gasteiger partial charge < -0.3 is 9.47 Å². The smallest absolute Gasteiger partial charge is 0.343 e. The van der Waals surface area contributed by atoms with Crippen molar-refractivity contribution < 1.29 is 27.4 Å². The van der Waals surface area contributed by atoms with Crippen LogP contribution < -0.4 is 0 Å². The molecule has 0 N–H and O–H groups in total. The van der Waals surface area contributed by atoms with E-state index in [0.29, 0.717) is 4.88 Å². The van der Waals surface area contributed by atoms with Gasteiger partial charge in [0.05, 0.1) is 23.3 Å². The zero-order chi connectivity index (χ0) is 17.6. The van der Waals surface area contributed by atoms with Gasteiger partial charge in [0.1, 0.15) is 5.69 Å². The number of carbonyl (C=O) groups is 1. The zero-order valence-electron chi connectivity index (χ0n) is 12.5. The molecule has 2 aliphatic heterocycles. The second-order valence-corrected chi connectivity index (χ2v) is 7.72. The Bertz CT molecular complexity index is 798. The summed E-state index contributed by atoms with van der Waals surface area (Å²) in [5.41, 5.74) is -0.791. The molecule has 2 fully saturated rings. The van der Waals surface area contributed by atoms with Gasteiger partial charge in [-0.1, -0.05) is 17.8 Å². The highest BCUT2D eigenvalue weighted by Crippen LogP contribution is 2.38. The number of ether oxygens (including phenoxy) is 2. The van der Waals surface area contributed by atoms with Gasteiger partial charge in [0.15, 0.2) is 10.9 Å². The van der Waals surface area contributed by atoms with Crippen LogP contribution in [0, 0.1) is 0 Å². The normalized spacial score (nSPS) is 26.2. The van der Waals surface area contributed by atoms with Crippen molar-refractivity contribution >= 4 is 28.9 Å². The van der Waals surface area contributed by atoms with Crippen LogP contribution in [-0.4, -0.2) is 40.0 Å². The second-order valence-electron chi connectivity index (χ2n) is 5.56. The Labute approximate surface area is 148 Å². The number of alkyl halides is 3. The Morgan fingerprint density at radius 3 is 2.88 bits per heavy atom. The van der Waals surface area contributed by atoms with E-state index in [1.807, 2.05) is 0 Å². The van der Waals surface area contributed by atoms with Gasteiger partial charge in [0.2, 0.25) is 6.29 Å². The van der Waals surface area contributed by atoms with Gasteiger partial charge in [-0.15, -0.1) is 11.3 Å². The molecule has 4 heterocycles. The van der Waals surface area contributed by atoms with E-state index in [1.54, 1.807) is 17.5 Å². The molecule has 132 valence electrons. The van der Waals surface area contributed by atoms with Crippen LogP contribution in [0.15, 0.2) is 28.7 Å². The lowest BCUT2D eigenvalue weighted by Crippen LogP contribution is -2.37. The number of halogens is 3. The maximum atomic E-state index is 13.2. The van der Waals surface area contributed by atoms with E-state index in [0.717, 1.165) is 17.8 Å². The van der Waals surface area contributed by atoms with Crippen molar-refractivity contribution in [2.24, 2.45) is 0 Å². The summed E-state index contributed by atoms with van der Waals surface area (Å²) in [6.45, 7) is 0.241. The van der Waals surface area contributed by atoms with Gasteiger partial charge in [-0.25, -0.2) is 9.97 Å². The van der Waals surface area contributed by atoms with Crippen LogP contribution in [0.4, 0.5) is 13.2 Å². The third kappa shape index (κ3) is 3.43. The molecule has 0 spiro atoms. The number of aromatic nitrogens is 2. The molecular formula is C15H11F3N2O3S2. The van der Waals surface area contributed by atoms with E-state index < -0.39 is 18.2 Å². The van der Waals surface area contributed by atoms with Crippen LogP contribution in [0.1, 0.15) is 12.1 Å². The molecular weight excluding hydrogens is 377 g/mol. The number of nitrogens with zero attached hydrogens (tertiary/aromatic N) is 2. The summed E-state index contributed by atoms with van der Waals surface area (Å²) in [6.07, 6.45) is -5.61. The average molecular weight is 388 g/mol. The standard InChI is InChI=1S/C15H11F3N2O3S2/c16-15(17,18)12-4-7(10-2-1-3-24-10)19-14(20-12)25-11-5-8(21)13-22-6-9(11)23-13/h1-4,9,11,13H,5-6H2/t9-,11+,13+/m1/s1. The van der Waals surface area contributed by atoms with E-state index in [9.17, 15) is 18.0 Å². The van der Waals surface area contributed by atoms with Crippen LogP contribution in [-0.2, 0) is 20.4 Å². The summed E-state index contributed by atoms with van der Waals surface area (Å²) in [5.74, 6) is -0.211. The third-order valence-corrected chi connectivity index (χ3v) is 5.88. The Morgan fingerprint density at radius 2 is 2.16 bits per heavy atom. The van der Waals surface area contributed by atoms with Crippen LogP contribution in [0.3, 0.4) is 0 Å². The fourth-order valence-corrected chi connectivity index (χ4v) is 4.44. The number of thioether (sulfide) groups is 1. The number of Topliss-reactive ketones (excluding diaryl/α,β-unsaturated/α-hetero) is 1. The number of rotatable bonds is 3. The van der Waals surface area contributed by atoms with Crippen LogP contribution in [0.2, 0.25) is 0 Å². The van der Waals surface area contributed by atoms with Gasteiger partial charge in [-0.3, -0.25) is 4.79 Å². The molecule has 0 amide bonds. The summed E-state index contributed by atoms with van der Waals surface area (Å²) in [4.78, 5) is 20.4. The lowest BCUT2D eigenvalue weighted by Gasteiger charge is -2.25. The summed E-state index contributed by atoms with van der Waals surface area (Å²) in [5, 5.41) is 1.37. The molecule has 25 heavy (non-hydrogen) atoms. The molecule has 5 nitrogen and oxygen atoms in total. The molecule has 2 aromatic rings. The highest BCUT2D eigenvalue weighted by molar-refractivity contribution is 7.99. The number of ketones is 1. The summed E-state index contributed by atoms with van der Waals surface area (Å²) < 4.78 is 50.2. The van der Waals surface area contributed by atoms with Crippen LogP contribution in [0.5, 0.6) is 0 Å². The van der Waals surface area contributed by atoms with Crippen molar-refractivity contribution in [1.82, 2.24) is 9.97 Å². The molecule has 2 aliphatic rings. The zero-order valence-corrected chi connectivity index (χ0v) is 14.2. The number of carbonyl (C=O) groups excluding carboxylic acids is 1. The molecule has 10 heteroatoms. The van der Waals surface area contributed by atoms with Gasteiger partial charge in [0.25, 0.3) is 0 Å². The molecule has 0 unspecified atom stereocenters.